The van der Waals surface area contributed by atoms with Gasteiger partial charge in [-0.25, -0.2) is 0 Å². The maximum Gasteiger partial charge on any atom is 0.0561 e. The minimum atomic E-state index is 1.08. The van der Waals surface area contributed by atoms with E-state index in [4.69, 9.17) is 0 Å². The SMILES string of the molecule is Brc1ccc2c(c1)c1ccc(N(c3ccccc3)c3cccc(-c4ccccc4)c3)cc1n2-c1ccccc1. The monoisotopic (exact) mass is 564 g/mol. The van der Waals surface area contributed by atoms with Crippen LogP contribution < -0.4 is 4.90 Å². The molecule has 1 aromatic heterocycles. The third-order valence-electron chi connectivity index (χ3n) is 7.21. The van der Waals surface area contributed by atoms with Gasteiger partial charge in [0, 0.05) is 38.0 Å². The van der Waals surface area contributed by atoms with Gasteiger partial charge in [0.2, 0.25) is 0 Å². The summed E-state index contributed by atoms with van der Waals surface area (Å²) in [5.41, 5.74) is 9.25. The zero-order valence-electron chi connectivity index (χ0n) is 21.2. The van der Waals surface area contributed by atoms with Crippen LogP contribution in [0.25, 0.3) is 38.6 Å². The third-order valence-corrected chi connectivity index (χ3v) is 7.70. The van der Waals surface area contributed by atoms with E-state index in [0.717, 1.165) is 27.2 Å². The molecule has 0 fully saturated rings. The third kappa shape index (κ3) is 4.31. The largest absolute Gasteiger partial charge is 0.310 e. The highest BCUT2D eigenvalue weighted by Gasteiger charge is 2.18. The first-order chi connectivity index (χ1) is 19.3. The lowest BCUT2D eigenvalue weighted by molar-refractivity contribution is 1.18. The molecule has 0 aliphatic heterocycles. The van der Waals surface area contributed by atoms with Gasteiger partial charge in [0.05, 0.1) is 11.0 Å². The summed E-state index contributed by atoms with van der Waals surface area (Å²) in [6.45, 7) is 0. The Morgan fingerprint density at radius 2 is 1.08 bits per heavy atom. The van der Waals surface area contributed by atoms with Crippen LogP contribution in [0.3, 0.4) is 0 Å². The number of anilines is 3. The number of rotatable bonds is 5. The number of hydrogen-bond acceptors (Lipinski definition) is 1. The van der Waals surface area contributed by atoms with Gasteiger partial charge in [-0.2, -0.15) is 0 Å². The summed E-state index contributed by atoms with van der Waals surface area (Å²) in [6.07, 6.45) is 0. The van der Waals surface area contributed by atoms with Crippen molar-refractivity contribution in [3.8, 4) is 16.8 Å². The van der Waals surface area contributed by atoms with Gasteiger partial charge in [0.25, 0.3) is 0 Å². The lowest BCUT2D eigenvalue weighted by Gasteiger charge is -2.26. The van der Waals surface area contributed by atoms with Crippen molar-refractivity contribution in [2.24, 2.45) is 0 Å². The molecule has 0 aliphatic rings. The van der Waals surface area contributed by atoms with Gasteiger partial charge in [-0.3, -0.25) is 0 Å². The van der Waals surface area contributed by atoms with E-state index in [2.05, 4.69) is 177 Å². The molecule has 0 aliphatic carbocycles. The molecule has 0 saturated carbocycles. The van der Waals surface area contributed by atoms with E-state index in [1.54, 1.807) is 0 Å². The average molecular weight is 566 g/mol. The van der Waals surface area contributed by atoms with E-state index in [1.165, 1.54) is 32.9 Å². The molecule has 186 valence electrons. The molecule has 0 amide bonds. The highest BCUT2D eigenvalue weighted by Crippen LogP contribution is 2.40. The summed E-state index contributed by atoms with van der Waals surface area (Å²) in [5.74, 6) is 0. The lowest BCUT2D eigenvalue weighted by Crippen LogP contribution is -2.10. The van der Waals surface area contributed by atoms with Gasteiger partial charge >= 0.3 is 0 Å². The van der Waals surface area contributed by atoms with Crippen molar-refractivity contribution in [1.29, 1.82) is 0 Å². The Kier molecular flexibility index (Phi) is 5.99. The first-order valence-electron chi connectivity index (χ1n) is 13.1. The molecule has 0 spiro atoms. The number of aromatic nitrogens is 1. The van der Waals surface area contributed by atoms with Crippen LogP contribution in [0.4, 0.5) is 17.1 Å². The van der Waals surface area contributed by atoms with Crippen molar-refractivity contribution in [3.63, 3.8) is 0 Å². The zero-order chi connectivity index (χ0) is 26.2. The number of halogens is 1. The van der Waals surface area contributed by atoms with Crippen LogP contribution in [0.5, 0.6) is 0 Å². The van der Waals surface area contributed by atoms with Crippen LogP contribution in [0.2, 0.25) is 0 Å². The summed E-state index contributed by atoms with van der Waals surface area (Å²) >= 11 is 3.69. The fourth-order valence-electron chi connectivity index (χ4n) is 5.46. The first kappa shape index (κ1) is 23.5. The zero-order valence-corrected chi connectivity index (χ0v) is 22.8. The maximum atomic E-state index is 3.69. The molecule has 0 atom stereocenters. The Morgan fingerprint density at radius 3 is 1.85 bits per heavy atom. The molecule has 0 radical (unpaired) electrons. The maximum absolute atomic E-state index is 3.69. The van der Waals surface area contributed by atoms with E-state index >= 15 is 0 Å². The molecule has 2 nitrogen and oxygen atoms in total. The van der Waals surface area contributed by atoms with Gasteiger partial charge in [-0.1, -0.05) is 101 Å². The number of fused-ring (bicyclic) bond motifs is 3. The number of nitrogens with zero attached hydrogens (tertiary/aromatic N) is 2. The predicted octanol–water partition coefficient (Wildman–Crippen LogP) is 10.7. The van der Waals surface area contributed by atoms with Crippen LogP contribution in [0.15, 0.2) is 156 Å². The van der Waals surface area contributed by atoms with E-state index in [-0.39, 0.29) is 0 Å². The van der Waals surface area contributed by atoms with Crippen molar-refractivity contribution in [2.45, 2.75) is 0 Å². The smallest absolute Gasteiger partial charge is 0.0561 e. The van der Waals surface area contributed by atoms with Crippen LogP contribution >= 0.6 is 15.9 Å². The predicted molar refractivity (Wildman–Crippen MR) is 169 cm³/mol. The Bertz CT molecular complexity index is 1910. The molecule has 6 aromatic carbocycles. The van der Waals surface area contributed by atoms with Gasteiger partial charge in [-0.15, -0.1) is 0 Å². The number of benzene rings is 6. The second-order valence-electron chi connectivity index (χ2n) is 9.62. The number of para-hydroxylation sites is 2. The molecule has 39 heavy (non-hydrogen) atoms. The molecule has 0 bridgehead atoms. The molecular formula is C36H25BrN2. The van der Waals surface area contributed by atoms with Gasteiger partial charge in [0.1, 0.15) is 0 Å². The van der Waals surface area contributed by atoms with Crippen LogP contribution in [-0.4, -0.2) is 4.57 Å². The van der Waals surface area contributed by atoms with Crippen molar-refractivity contribution in [1.82, 2.24) is 4.57 Å². The summed E-state index contributed by atoms with van der Waals surface area (Å²) in [4.78, 5) is 2.34. The van der Waals surface area contributed by atoms with Crippen LogP contribution in [0, 0.1) is 0 Å². The molecule has 1 heterocycles. The van der Waals surface area contributed by atoms with Crippen molar-refractivity contribution in [2.75, 3.05) is 4.90 Å². The Morgan fingerprint density at radius 1 is 0.436 bits per heavy atom. The minimum Gasteiger partial charge on any atom is -0.310 e. The first-order valence-corrected chi connectivity index (χ1v) is 13.9. The van der Waals surface area contributed by atoms with E-state index in [0.29, 0.717) is 0 Å². The summed E-state index contributed by atoms with van der Waals surface area (Å²) < 4.78 is 3.44. The topological polar surface area (TPSA) is 8.17 Å². The van der Waals surface area contributed by atoms with Gasteiger partial charge in [-0.05, 0) is 77.9 Å². The summed E-state index contributed by atoms with van der Waals surface area (Å²) in [6, 6.07) is 53.9. The van der Waals surface area contributed by atoms with E-state index < -0.39 is 0 Å². The Hall–Kier alpha value is -4.60. The van der Waals surface area contributed by atoms with Gasteiger partial charge < -0.3 is 9.47 Å². The fraction of sp³-hybridized carbons (Fsp3) is 0. The molecule has 0 N–H and O–H groups in total. The molecule has 3 heteroatoms. The molecule has 0 unspecified atom stereocenters. The van der Waals surface area contributed by atoms with E-state index in [1.807, 2.05) is 0 Å². The van der Waals surface area contributed by atoms with Crippen molar-refractivity contribution in [3.05, 3.63) is 156 Å². The average Bonchev–Trinajstić information content (AvgIpc) is 3.32. The second-order valence-corrected chi connectivity index (χ2v) is 10.5. The van der Waals surface area contributed by atoms with Crippen molar-refractivity contribution < 1.29 is 0 Å². The standard InChI is InChI=1S/C36H25BrN2/c37-28-19-22-35-34(24-28)33-21-20-32(25-36(33)39(35)30-16-8-3-9-17-30)38(29-14-6-2-7-15-29)31-18-10-13-27(23-31)26-11-4-1-5-12-26/h1-25H. The minimum absolute atomic E-state index is 1.08. The number of hydrogen-bond donors (Lipinski definition) is 0. The van der Waals surface area contributed by atoms with Gasteiger partial charge in [0.15, 0.2) is 0 Å². The van der Waals surface area contributed by atoms with Crippen LogP contribution in [0.1, 0.15) is 0 Å². The summed E-state index contributed by atoms with van der Waals surface area (Å²) in [5, 5.41) is 2.46. The van der Waals surface area contributed by atoms with E-state index in [9.17, 15) is 0 Å². The highest BCUT2D eigenvalue weighted by atomic mass is 79.9. The second kappa shape index (κ2) is 9.94. The van der Waals surface area contributed by atoms with Crippen molar-refractivity contribution >= 4 is 54.8 Å². The summed E-state index contributed by atoms with van der Waals surface area (Å²) in [7, 11) is 0. The molecule has 7 aromatic rings. The fourth-order valence-corrected chi connectivity index (χ4v) is 5.82. The molecule has 0 saturated heterocycles. The Balaban J connectivity index is 1.47. The molecular weight excluding hydrogens is 540 g/mol. The quantitative estimate of drug-likeness (QED) is 0.202. The van der Waals surface area contributed by atoms with Crippen LogP contribution in [-0.2, 0) is 0 Å². The Labute approximate surface area is 236 Å². The molecule has 7 rings (SSSR count). The lowest BCUT2D eigenvalue weighted by atomic mass is 10.0. The normalized spacial score (nSPS) is 11.2. The highest BCUT2D eigenvalue weighted by molar-refractivity contribution is 9.10.